The van der Waals surface area contributed by atoms with Crippen molar-refractivity contribution >= 4 is 16.8 Å². The molecule has 0 unspecified atom stereocenters. The molecule has 1 fully saturated rings. The summed E-state index contributed by atoms with van der Waals surface area (Å²) >= 11 is 0. The van der Waals surface area contributed by atoms with Crippen LogP contribution in [0.3, 0.4) is 0 Å². The molecule has 130 valence electrons. The van der Waals surface area contributed by atoms with E-state index in [1.54, 1.807) is 18.6 Å². The predicted molar refractivity (Wildman–Crippen MR) is 83.4 cm³/mol. The minimum absolute atomic E-state index is 0.116. The maximum atomic E-state index is 12.2. The highest BCUT2D eigenvalue weighted by atomic mass is 19.4. The van der Waals surface area contributed by atoms with Gasteiger partial charge in [-0.1, -0.05) is 0 Å². The number of pyridine rings is 1. The summed E-state index contributed by atoms with van der Waals surface area (Å²) in [6, 6.07) is 1.84. The number of fused-ring (bicyclic) bond motifs is 1. The summed E-state index contributed by atoms with van der Waals surface area (Å²) in [5.74, 6) is -0.142. The van der Waals surface area contributed by atoms with Gasteiger partial charge in [-0.2, -0.15) is 13.2 Å². The highest BCUT2D eigenvalue weighted by Crippen LogP contribution is 2.35. The summed E-state index contributed by atoms with van der Waals surface area (Å²) in [4.78, 5) is 19.2. The van der Waals surface area contributed by atoms with E-state index in [0.717, 1.165) is 29.3 Å². The molecule has 0 atom stereocenters. The average Bonchev–Trinajstić information content (AvgIpc) is 3.18. The van der Waals surface area contributed by atoms with Gasteiger partial charge in [-0.05, 0) is 24.5 Å². The summed E-state index contributed by atoms with van der Waals surface area (Å²) in [5, 5.41) is 6.69. The van der Waals surface area contributed by atoms with Gasteiger partial charge in [-0.3, -0.25) is 9.78 Å². The highest BCUT2D eigenvalue weighted by Gasteiger charge is 2.42. The third-order valence-corrected chi connectivity index (χ3v) is 4.31. The molecule has 8 heteroatoms. The fourth-order valence-electron chi connectivity index (χ4n) is 2.72. The Balaban J connectivity index is 1.47. The third kappa shape index (κ3) is 4.25. The van der Waals surface area contributed by atoms with Crippen molar-refractivity contribution in [1.29, 1.82) is 0 Å². The molecule has 1 aliphatic rings. The third-order valence-electron chi connectivity index (χ3n) is 4.31. The molecule has 2 heterocycles. The zero-order valence-corrected chi connectivity index (χ0v) is 13.0. The van der Waals surface area contributed by atoms with E-state index >= 15 is 0 Å². The number of nitrogens with zero attached hydrogens (tertiary/aromatic N) is 1. The van der Waals surface area contributed by atoms with E-state index in [1.807, 2.05) is 6.07 Å². The summed E-state index contributed by atoms with van der Waals surface area (Å²) in [6.07, 6.45) is 1.92. The molecule has 1 amide bonds. The van der Waals surface area contributed by atoms with Crippen LogP contribution in [-0.2, 0) is 11.2 Å². The number of hydrogen-bond acceptors (Lipinski definition) is 3. The van der Waals surface area contributed by atoms with E-state index in [1.165, 1.54) is 0 Å². The van der Waals surface area contributed by atoms with E-state index in [-0.39, 0.29) is 24.4 Å². The smallest absolute Gasteiger partial charge is 0.360 e. The first-order chi connectivity index (χ1) is 11.4. The topological polar surface area (TPSA) is 69.8 Å². The molecule has 24 heavy (non-hydrogen) atoms. The van der Waals surface area contributed by atoms with Crippen molar-refractivity contribution in [3.63, 3.8) is 0 Å². The molecule has 0 aliphatic heterocycles. The second kappa shape index (κ2) is 6.43. The van der Waals surface area contributed by atoms with E-state index in [9.17, 15) is 18.0 Å². The van der Waals surface area contributed by atoms with Gasteiger partial charge in [-0.15, -0.1) is 0 Å². The number of halogens is 3. The molecule has 1 aliphatic carbocycles. The Kier molecular flexibility index (Phi) is 4.49. The minimum atomic E-state index is -4.16. The number of aromatic nitrogens is 2. The number of carbonyl (C=O) groups is 1. The van der Waals surface area contributed by atoms with Gasteiger partial charge in [0.05, 0.1) is 24.6 Å². The number of carbonyl (C=O) groups excluding carboxylic acids is 1. The molecule has 0 saturated heterocycles. The van der Waals surface area contributed by atoms with E-state index < -0.39 is 12.6 Å². The molecular formula is C16H19F3N4O. The standard InChI is InChI=1S/C16H19F3N4O/c17-16(18,19)4-6-23-15(2-3-15)10-22-14(24)7-11-8-21-13-9-20-5-1-12(11)13/h1,5,8-9,21,23H,2-4,6-7,10H2,(H,22,24). The van der Waals surface area contributed by atoms with Crippen molar-refractivity contribution in [2.45, 2.75) is 37.4 Å². The molecule has 0 radical (unpaired) electrons. The van der Waals surface area contributed by atoms with E-state index in [2.05, 4.69) is 20.6 Å². The molecule has 1 saturated carbocycles. The van der Waals surface area contributed by atoms with Gasteiger partial charge in [0.15, 0.2) is 0 Å². The van der Waals surface area contributed by atoms with Gasteiger partial charge >= 0.3 is 6.18 Å². The van der Waals surface area contributed by atoms with Gasteiger partial charge in [0.1, 0.15) is 0 Å². The number of aromatic amines is 1. The number of hydrogen-bond donors (Lipinski definition) is 3. The molecule has 5 nitrogen and oxygen atoms in total. The summed E-state index contributed by atoms with van der Waals surface area (Å²) in [6.45, 7) is 0.239. The molecule has 3 N–H and O–H groups in total. The molecule has 0 bridgehead atoms. The fraction of sp³-hybridized carbons (Fsp3) is 0.500. The van der Waals surface area contributed by atoms with Crippen molar-refractivity contribution < 1.29 is 18.0 Å². The number of amides is 1. The first kappa shape index (κ1) is 16.8. The second-order valence-electron chi connectivity index (χ2n) is 6.26. The Labute approximate surface area is 137 Å². The Morgan fingerprint density at radius 1 is 1.38 bits per heavy atom. The summed E-state index contributed by atoms with van der Waals surface area (Å²) in [7, 11) is 0. The highest BCUT2D eigenvalue weighted by molar-refractivity contribution is 5.88. The maximum Gasteiger partial charge on any atom is 0.390 e. The predicted octanol–water partition coefficient (Wildman–Crippen LogP) is 2.30. The van der Waals surface area contributed by atoms with E-state index in [0.29, 0.717) is 6.54 Å². The van der Waals surface area contributed by atoms with Crippen LogP contribution in [0.15, 0.2) is 24.7 Å². The van der Waals surface area contributed by atoms with Crippen LogP contribution in [0.5, 0.6) is 0 Å². The van der Waals surface area contributed by atoms with Crippen LogP contribution in [0.25, 0.3) is 10.9 Å². The summed E-state index contributed by atoms with van der Waals surface area (Å²) < 4.78 is 36.6. The molecule has 2 aromatic rings. The molecule has 3 rings (SSSR count). The monoisotopic (exact) mass is 340 g/mol. The van der Waals surface area contributed by atoms with Crippen LogP contribution < -0.4 is 10.6 Å². The van der Waals surface area contributed by atoms with Crippen molar-refractivity contribution in [2.24, 2.45) is 0 Å². The SMILES string of the molecule is O=C(Cc1c[nH]c2cnccc12)NCC1(NCCC(F)(F)F)CC1. The van der Waals surface area contributed by atoms with Crippen molar-refractivity contribution in [2.75, 3.05) is 13.1 Å². The maximum absolute atomic E-state index is 12.2. The number of alkyl halides is 3. The first-order valence-corrected chi connectivity index (χ1v) is 7.85. The molecule has 2 aromatic heterocycles. The normalized spacial score (nSPS) is 16.3. The lowest BCUT2D eigenvalue weighted by Gasteiger charge is -2.18. The molecule has 0 aromatic carbocycles. The number of H-pyrrole nitrogens is 1. The zero-order chi connectivity index (χ0) is 17.2. The van der Waals surface area contributed by atoms with Gasteiger partial charge in [-0.25, -0.2) is 0 Å². The summed E-state index contributed by atoms with van der Waals surface area (Å²) in [5.41, 5.74) is 1.37. The van der Waals surface area contributed by atoms with Crippen LogP contribution in [0, 0.1) is 0 Å². The van der Waals surface area contributed by atoms with Gasteiger partial charge in [0.2, 0.25) is 5.91 Å². The second-order valence-corrected chi connectivity index (χ2v) is 6.26. The zero-order valence-electron chi connectivity index (χ0n) is 13.0. The Hall–Kier alpha value is -2.09. The largest absolute Gasteiger partial charge is 0.390 e. The average molecular weight is 340 g/mol. The van der Waals surface area contributed by atoms with Crippen molar-refractivity contribution in [1.82, 2.24) is 20.6 Å². The van der Waals surface area contributed by atoms with Crippen LogP contribution in [0.1, 0.15) is 24.8 Å². The van der Waals surface area contributed by atoms with Gasteiger partial charge < -0.3 is 15.6 Å². The number of nitrogens with one attached hydrogen (secondary N) is 3. The molecule has 0 spiro atoms. The van der Waals surface area contributed by atoms with Crippen molar-refractivity contribution in [3.8, 4) is 0 Å². The number of rotatable bonds is 7. The minimum Gasteiger partial charge on any atom is -0.360 e. The van der Waals surface area contributed by atoms with Crippen LogP contribution in [-0.4, -0.2) is 40.7 Å². The Morgan fingerprint density at radius 2 is 2.17 bits per heavy atom. The van der Waals surface area contributed by atoms with Crippen LogP contribution >= 0.6 is 0 Å². The lowest BCUT2D eigenvalue weighted by Crippen LogP contribution is -2.44. The van der Waals surface area contributed by atoms with Gasteiger partial charge in [0, 0.05) is 36.4 Å². The lowest BCUT2D eigenvalue weighted by molar-refractivity contribution is -0.134. The first-order valence-electron chi connectivity index (χ1n) is 7.85. The molecular weight excluding hydrogens is 321 g/mol. The van der Waals surface area contributed by atoms with Crippen LogP contribution in [0.4, 0.5) is 13.2 Å². The Morgan fingerprint density at radius 3 is 2.88 bits per heavy atom. The van der Waals surface area contributed by atoms with E-state index in [4.69, 9.17) is 0 Å². The fourth-order valence-corrected chi connectivity index (χ4v) is 2.72. The quantitative estimate of drug-likeness (QED) is 0.724. The Bertz CT molecular complexity index is 721. The van der Waals surface area contributed by atoms with Gasteiger partial charge in [0.25, 0.3) is 0 Å². The lowest BCUT2D eigenvalue weighted by atomic mass is 10.1. The van der Waals surface area contributed by atoms with Crippen LogP contribution in [0.2, 0.25) is 0 Å². The van der Waals surface area contributed by atoms with Crippen molar-refractivity contribution in [3.05, 3.63) is 30.2 Å².